The average molecular weight is 340 g/mol. The molecule has 3 rings (SSSR count). The van der Waals surface area contributed by atoms with Gasteiger partial charge in [-0.05, 0) is 36.8 Å². The highest BCUT2D eigenvalue weighted by atomic mass is 35.5. The van der Waals surface area contributed by atoms with Crippen LogP contribution in [0.3, 0.4) is 0 Å². The van der Waals surface area contributed by atoms with Crippen LogP contribution in [-0.4, -0.2) is 19.1 Å². The van der Waals surface area contributed by atoms with Gasteiger partial charge in [-0.15, -0.1) is 6.42 Å². The van der Waals surface area contributed by atoms with Crippen molar-refractivity contribution in [3.63, 3.8) is 0 Å². The zero-order valence-corrected chi connectivity index (χ0v) is 14.2. The molecule has 122 valence electrons. The summed E-state index contributed by atoms with van der Waals surface area (Å²) in [4.78, 5) is 14.3. The van der Waals surface area contributed by atoms with Crippen molar-refractivity contribution in [3.05, 3.63) is 58.6 Å². The standard InChI is InChI=1S/C20H18ClNO2/c1-3-10-24-19-12-16(21)6-9-18(19)15-11-20(23)22(13-15)17-7-4-14(2)5-8-17/h1,4-9,12,15H,10-11,13H2,2H3. The minimum absolute atomic E-state index is 0.0591. The second-order valence-corrected chi connectivity index (χ2v) is 6.35. The largest absolute Gasteiger partial charge is 0.481 e. The predicted octanol–water partition coefficient (Wildman–Crippen LogP) is 4.18. The number of hydrogen-bond donors (Lipinski definition) is 0. The molecule has 24 heavy (non-hydrogen) atoms. The van der Waals surface area contributed by atoms with Gasteiger partial charge in [-0.1, -0.05) is 41.3 Å². The van der Waals surface area contributed by atoms with Crippen LogP contribution in [0.1, 0.15) is 23.5 Å². The number of amides is 1. The summed E-state index contributed by atoms with van der Waals surface area (Å²) in [7, 11) is 0. The van der Waals surface area contributed by atoms with Gasteiger partial charge in [-0.2, -0.15) is 0 Å². The number of hydrogen-bond acceptors (Lipinski definition) is 2. The third-order valence-electron chi connectivity index (χ3n) is 4.20. The normalized spacial score (nSPS) is 17.0. The molecular weight excluding hydrogens is 322 g/mol. The highest BCUT2D eigenvalue weighted by Crippen LogP contribution is 2.37. The van der Waals surface area contributed by atoms with E-state index in [1.165, 1.54) is 5.56 Å². The number of carbonyl (C=O) groups is 1. The molecular formula is C20H18ClNO2. The Morgan fingerprint density at radius 2 is 2.04 bits per heavy atom. The number of nitrogens with zero attached hydrogens (tertiary/aromatic N) is 1. The Bertz CT molecular complexity index is 792. The molecule has 0 spiro atoms. The van der Waals surface area contributed by atoms with Crippen molar-refractivity contribution < 1.29 is 9.53 Å². The van der Waals surface area contributed by atoms with Crippen molar-refractivity contribution in [2.75, 3.05) is 18.1 Å². The molecule has 1 heterocycles. The Balaban J connectivity index is 1.85. The highest BCUT2D eigenvalue weighted by molar-refractivity contribution is 6.30. The Morgan fingerprint density at radius 1 is 1.29 bits per heavy atom. The summed E-state index contributed by atoms with van der Waals surface area (Å²) >= 11 is 6.06. The first-order valence-electron chi connectivity index (χ1n) is 7.81. The maximum absolute atomic E-state index is 12.5. The number of benzene rings is 2. The molecule has 0 radical (unpaired) electrons. The first kappa shape index (κ1) is 16.4. The number of terminal acetylenes is 1. The van der Waals surface area contributed by atoms with E-state index in [2.05, 4.69) is 5.92 Å². The number of halogens is 1. The first-order chi connectivity index (χ1) is 11.6. The van der Waals surface area contributed by atoms with E-state index in [-0.39, 0.29) is 18.4 Å². The van der Waals surface area contributed by atoms with Crippen molar-refractivity contribution in [2.24, 2.45) is 0 Å². The molecule has 0 N–H and O–H groups in total. The lowest BCUT2D eigenvalue weighted by atomic mass is 9.97. The molecule has 0 bridgehead atoms. The van der Waals surface area contributed by atoms with E-state index in [0.29, 0.717) is 23.7 Å². The predicted molar refractivity (Wildman–Crippen MR) is 96.7 cm³/mol. The molecule has 2 aromatic carbocycles. The van der Waals surface area contributed by atoms with E-state index in [1.54, 1.807) is 6.07 Å². The van der Waals surface area contributed by atoms with Gasteiger partial charge in [0.15, 0.2) is 0 Å². The summed E-state index contributed by atoms with van der Waals surface area (Å²) in [5, 5.41) is 0.588. The molecule has 1 amide bonds. The quantitative estimate of drug-likeness (QED) is 0.782. The Labute approximate surface area is 147 Å². The Morgan fingerprint density at radius 3 is 2.75 bits per heavy atom. The van der Waals surface area contributed by atoms with Crippen molar-refractivity contribution in [1.29, 1.82) is 0 Å². The van der Waals surface area contributed by atoms with Gasteiger partial charge in [0.2, 0.25) is 5.91 Å². The van der Waals surface area contributed by atoms with Crippen LogP contribution in [0.25, 0.3) is 0 Å². The van der Waals surface area contributed by atoms with Crippen molar-refractivity contribution in [1.82, 2.24) is 0 Å². The molecule has 1 atom stereocenters. The lowest BCUT2D eigenvalue weighted by Crippen LogP contribution is -2.24. The fourth-order valence-corrected chi connectivity index (χ4v) is 3.14. The molecule has 4 heteroatoms. The molecule has 3 nitrogen and oxygen atoms in total. The van der Waals surface area contributed by atoms with Crippen molar-refractivity contribution >= 4 is 23.2 Å². The summed E-state index contributed by atoms with van der Waals surface area (Å²) in [6, 6.07) is 13.5. The maximum Gasteiger partial charge on any atom is 0.227 e. The first-order valence-corrected chi connectivity index (χ1v) is 8.19. The van der Waals surface area contributed by atoms with Crippen LogP contribution < -0.4 is 9.64 Å². The molecule has 2 aromatic rings. The molecule has 1 unspecified atom stereocenters. The van der Waals surface area contributed by atoms with Crippen LogP contribution in [0.4, 0.5) is 5.69 Å². The van der Waals surface area contributed by atoms with Crippen molar-refractivity contribution in [3.8, 4) is 18.1 Å². The van der Waals surface area contributed by atoms with Gasteiger partial charge >= 0.3 is 0 Å². The monoisotopic (exact) mass is 339 g/mol. The van der Waals surface area contributed by atoms with Gasteiger partial charge in [0.1, 0.15) is 12.4 Å². The van der Waals surface area contributed by atoms with E-state index in [4.69, 9.17) is 22.8 Å². The molecule has 1 fully saturated rings. The number of carbonyl (C=O) groups excluding carboxylic acids is 1. The van der Waals surface area contributed by atoms with E-state index in [0.717, 1.165) is 11.3 Å². The topological polar surface area (TPSA) is 29.5 Å². The van der Waals surface area contributed by atoms with Crippen LogP contribution in [0, 0.1) is 19.3 Å². The number of aryl methyl sites for hydroxylation is 1. The van der Waals surface area contributed by atoms with E-state index in [9.17, 15) is 4.79 Å². The number of ether oxygens (including phenoxy) is 1. The summed E-state index contributed by atoms with van der Waals surface area (Å²) < 4.78 is 5.62. The zero-order valence-electron chi connectivity index (χ0n) is 13.5. The molecule has 0 aliphatic carbocycles. The maximum atomic E-state index is 12.5. The summed E-state index contributed by atoms with van der Waals surface area (Å²) in [6.45, 7) is 2.83. The van der Waals surface area contributed by atoms with Gasteiger partial charge in [-0.3, -0.25) is 4.79 Å². The van der Waals surface area contributed by atoms with E-state index in [1.807, 2.05) is 48.2 Å². The second-order valence-electron chi connectivity index (χ2n) is 5.92. The zero-order chi connectivity index (χ0) is 17.1. The van der Waals surface area contributed by atoms with Gasteiger partial charge < -0.3 is 9.64 Å². The average Bonchev–Trinajstić information content (AvgIpc) is 2.95. The molecule has 1 aliphatic rings. The van der Waals surface area contributed by atoms with Crippen LogP contribution in [-0.2, 0) is 4.79 Å². The van der Waals surface area contributed by atoms with E-state index >= 15 is 0 Å². The van der Waals surface area contributed by atoms with Crippen LogP contribution in [0.15, 0.2) is 42.5 Å². The van der Waals surface area contributed by atoms with Crippen LogP contribution in [0.2, 0.25) is 5.02 Å². The minimum atomic E-state index is 0.0591. The van der Waals surface area contributed by atoms with Gasteiger partial charge in [0.25, 0.3) is 0 Å². The van der Waals surface area contributed by atoms with Gasteiger partial charge in [0.05, 0.1) is 0 Å². The fourth-order valence-electron chi connectivity index (χ4n) is 2.98. The number of rotatable bonds is 4. The summed E-state index contributed by atoms with van der Waals surface area (Å²) in [6.07, 6.45) is 5.73. The molecule has 1 saturated heterocycles. The Hall–Kier alpha value is -2.44. The van der Waals surface area contributed by atoms with Crippen LogP contribution >= 0.6 is 11.6 Å². The molecule has 0 saturated carbocycles. The highest BCUT2D eigenvalue weighted by Gasteiger charge is 2.33. The molecule has 0 aromatic heterocycles. The van der Waals surface area contributed by atoms with Gasteiger partial charge in [-0.25, -0.2) is 0 Å². The lowest BCUT2D eigenvalue weighted by Gasteiger charge is -2.18. The SMILES string of the molecule is C#CCOc1cc(Cl)ccc1C1CC(=O)N(c2ccc(C)cc2)C1. The lowest BCUT2D eigenvalue weighted by molar-refractivity contribution is -0.117. The number of anilines is 1. The minimum Gasteiger partial charge on any atom is -0.481 e. The van der Waals surface area contributed by atoms with Gasteiger partial charge in [0, 0.05) is 29.6 Å². The molecule has 1 aliphatic heterocycles. The van der Waals surface area contributed by atoms with E-state index < -0.39 is 0 Å². The van der Waals surface area contributed by atoms with Crippen LogP contribution in [0.5, 0.6) is 5.75 Å². The third-order valence-corrected chi connectivity index (χ3v) is 4.43. The summed E-state index contributed by atoms with van der Waals surface area (Å²) in [5.74, 6) is 3.29. The third kappa shape index (κ3) is 3.39. The van der Waals surface area contributed by atoms with Crippen molar-refractivity contribution in [2.45, 2.75) is 19.3 Å². The smallest absolute Gasteiger partial charge is 0.227 e. The fraction of sp³-hybridized carbons (Fsp3) is 0.250. The summed E-state index contributed by atoms with van der Waals surface area (Å²) in [5.41, 5.74) is 3.07. The second kappa shape index (κ2) is 6.98. The Kier molecular flexibility index (Phi) is 4.78.